The molecule has 156 valence electrons. The molecule has 0 fully saturated rings. The van der Waals surface area contributed by atoms with E-state index in [0.717, 1.165) is 11.3 Å². The minimum atomic E-state index is -0.574. The Labute approximate surface area is 173 Å². The molecule has 2 aromatic rings. The molecule has 0 aromatic heterocycles. The van der Waals surface area contributed by atoms with Gasteiger partial charge in [0.15, 0.2) is 13.2 Å². The van der Waals surface area contributed by atoms with E-state index in [1.165, 1.54) is 10.5 Å². The van der Waals surface area contributed by atoms with Crippen LogP contribution in [0.4, 0.5) is 5.69 Å². The Morgan fingerprint density at radius 3 is 2.07 bits per heavy atom. The minimum absolute atomic E-state index is 0.232. The van der Waals surface area contributed by atoms with E-state index in [0.29, 0.717) is 18.2 Å². The summed E-state index contributed by atoms with van der Waals surface area (Å²) in [5, 5.41) is 0. The van der Waals surface area contributed by atoms with E-state index in [1.54, 1.807) is 7.05 Å². The van der Waals surface area contributed by atoms with Gasteiger partial charge in [-0.3, -0.25) is 4.79 Å². The van der Waals surface area contributed by atoms with Gasteiger partial charge in [0, 0.05) is 33.4 Å². The zero-order valence-corrected chi connectivity index (χ0v) is 17.8. The molecule has 6 heteroatoms. The van der Waals surface area contributed by atoms with Crippen LogP contribution in [0.2, 0.25) is 0 Å². The van der Waals surface area contributed by atoms with Gasteiger partial charge in [-0.2, -0.15) is 0 Å². The van der Waals surface area contributed by atoms with Crippen molar-refractivity contribution in [3.63, 3.8) is 0 Å². The molecule has 2 rings (SSSR count). The Balaban J connectivity index is 1.73. The van der Waals surface area contributed by atoms with Crippen molar-refractivity contribution in [1.82, 2.24) is 4.90 Å². The Kier molecular flexibility index (Phi) is 8.07. The molecular weight excluding hydrogens is 368 g/mol. The first-order chi connectivity index (χ1) is 13.8. The van der Waals surface area contributed by atoms with Crippen LogP contribution >= 0.6 is 0 Å². The number of ether oxygens (including phenoxy) is 2. The van der Waals surface area contributed by atoms with Gasteiger partial charge in [-0.25, -0.2) is 4.79 Å². The van der Waals surface area contributed by atoms with Crippen molar-refractivity contribution in [1.29, 1.82) is 0 Å². The van der Waals surface area contributed by atoms with Gasteiger partial charge in [0.2, 0.25) is 0 Å². The first-order valence-corrected chi connectivity index (χ1v) is 9.65. The second kappa shape index (κ2) is 10.5. The smallest absolute Gasteiger partial charge is 0.344 e. The lowest BCUT2D eigenvalue weighted by Crippen LogP contribution is -2.31. The maximum absolute atomic E-state index is 12.2. The van der Waals surface area contributed by atoms with E-state index in [2.05, 4.69) is 13.8 Å². The molecule has 0 unspecified atom stereocenters. The van der Waals surface area contributed by atoms with Crippen molar-refractivity contribution >= 4 is 17.6 Å². The summed E-state index contributed by atoms with van der Waals surface area (Å²) in [6, 6.07) is 15.5. The van der Waals surface area contributed by atoms with Crippen LogP contribution in [-0.2, 0) is 20.9 Å². The Bertz CT molecular complexity index is 799. The molecule has 29 heavy (non-hydrogen) atoms. The number of esters is 1. The molecular formula is C23H30N2O4. The highest BCUT2D eigenvalue weighted by Crippen LogP contribution is 2.18. The van der Waals surface area contributed by atoms with Gasteiger partial charge in [0.25, 0.3) is 5.91 Å². The Morgan fingerprint density at radius 2 is 1.52 bits per heavy atom. The van der Waals surface area contributed by atoms with Crippen LogP contribution in [0, 0.1) is 0 Å². The van der Waals surface area contributed by atoms with Gasteiger partial charge in [-0.05, 0) is 41.3 Å². The third kappa shape index (κ3) is 7.14. The summed E-state index contributed by atoms with van der Waals surface area (Å²) in [4.78, 5) is 27.6. The van der Waals surface area contributed by atoms with Gasteiger partial charge < -0.3 is 19.3 Å². The molecule has 1 amide bonds. The summed E-state index contributed by atoms with van der Waals surface area (Å²) in [6.45, 7) is 4.13. The second-order valence-corrected chi connectivity index (χ2v) is 7.48. The fraction of sp³-hybridized carbons (Fsp3) is 0.391. The van der Waals surface area contributed by atoms with Crippen molar-refractivity contribution < 1.29 is 19.1 Å². The Hall–Kier alpha value is -3.02. The number of nitrogens with zero attached hydrogens (tertiary/aromatic N) is 2. The lowest BCUT2D eigenvalue weighted by molar-refractivity contribution is -0.153. The third-order valence-corrected chi connectivity index (χ3v) is 4.56. The zero-order valence-electron chi connectivity index (χ0n) is 17.8. The van der Waals surface area contributed by atoms with E-state index in [4.69, 9.17) is 9.47 Å². The number of carbonyl (C=O) groups excluding carboxylic acids is 2. The van der Waals surface area contributed by atoms with E-state index in [-0.39, 0.29) is 19.1 Å². The van der Waals surface area contributed by atoms with Crippen LogP contribution in [0.15, 0.2) is 48.5 Å². The molecule has 0 N–H and O–H groups in total. The quantitative estimate of drug-likeness (QED) is 0.606. The van der Waals surface area contributed by atoms with Crippen LogP contribution < -0.4 is 9.64 Å². The molecule has 0 aliphatic rings. The minimum Gasteiger partial charge on any atom is -0.482 e. The molecule has 0 radical (unpaired) electrons. The molecule has 0 heterocycles. The highest BCUT2D eigenvalue weighted by atomic mass is 16.6. The topological polar surface area (TPSA) is 59.1 Å². The third-order valence-electron chi connectivity index (χ3n) is 4.56. The summed E-state index contributed by atoms with van der Waals surface area (Å²) in [6.07, 6.45) is 0. The van der Waals surface area contributed by atoms with E-state index < -0.39 is 5.97 Å². The SMILES string of the molecule is CC(C)c1ccc(OCC(=O)OCC(=O)N(C)Cc2ccc(N(C)C)cc2)cc1. The lowest BCUT2D eigenvalue weighted by atomic mass is 10.0. The zero-order chi connectivity index (χ0) is 21.4. The van der Waals surface area contributed by atoms with E-state index in [1.807, 2.05) is 67.5 Å². The summed E-state index contributed by atoms with van der Waals surface area (Å²) < 4.78 is 10.5. The molecule has 0 aliphatic heterocycles. The fourth-order valence-electron chi connectivity index (χ4n) is 2.65. The van der Waals surface area contributed by atoms with E-state index >= 15 is 0 Å². The summed E-state index contributed by atoms with van der Waals surface area (Å²) >= 11 is 0. The number of carbonyl (C=O) groups is 2. The number of anilines is 1. The first-order valence-electron chi connectivity index (χ1n) is 9.65. The van der Waals surface area contributed by atoms with Crippen LogP contribution in [0.1, 0.15) is 30.9 Å². The lowest BCUT2D eigenvalue weighted by Gasteiger charge is -2.18. The average Bonchev–Trinajstić information content (AvgIpc) is 2.71. The molecule has 0 aliphatic carbocycles. The van der Waals surface area contributed by atoms with Crippen molar-refractivity contribution in [2.45, 2.75) is 26.3 Å². The van der Waals surface area contributed by atoms with E-state index in [9.17, 15) is 9.59 Å². The number of benzene rings is 2. The largest absolute Gasteiger partial charge is 0.482 e. The molecule has 0 bridgehead atoms. The van der Waals surface area contributed by atoms with Crippen LogP contribution in [-0.4, -0.2) is 51.1 Å². The molecule has 2 aromatic carbocycles. The van der Waals surface area contributed by atoms with Crippen LogP contribution in [0.5, 0.6) is 5.75 Å². The number of hydrogen-bond acceptors (Lipinski definition) is 5. The second-order valence-electron chi connectivity index (χ2n) is 7.48. The van der Waals surface area contributed by atoms with Gasteiger partial charge in [0.05, 0.1) is 0 Å². The predicted octanol–water partition coefficient (Wildman–Crippen LogP) is 3.46. The van der Waals surface area contributed by atoms with Gasteiger partial charge in [-0.1, -0.05) is 38.1 Å². The fourth-order valence-corrected chi connectivity index (χ4v) is 2.65. The average molecular weight is 399 g/mol. The summed E-state index contributed by atoms with van der Waals surface area (Å²) in [7, 11) is 5.63. The highest BCUT2D eigenvalue weighted by Gasteiger charge is 2.13. The normalized spacial score (nSPS) is 10.6. The Morgan fingerprint density at radius 1 is 0.897 bits per heavy atom. The number of amides is 1. The van der Waals surface area contributed by atoms with Gasteiger partial charge >= 0.3 is 5.97 Å². The van der Waals surface area contributed by atoms with Crippen LogP contribution in [0.25, 0.3) is 0 Å². The monoisotopic (exact) mass is 398 g/mol. The first kappa shape index (κ1) is 22.3. The highest BCUT2D eigenvalue weighted by molar-refractivity contribution is 5.80. The molecule has 0 saturated heterocycles. The molecule has 0 atom stereocenters. The maximum Gasteiger partial charge on any atom is 0.344 e. The standard InChI is InChI=1S/C23H30N2O4/c1-17(2)19-8-12-21(13-9-19)28-16-23(27)29-15-22(26)25(5)14-18-6-10-20(11-7-18)24(3)4/h6-13,17H,14-16H2,1-5H3. The van der Waals surface area contributed by atoms with Gasteiger partial charge in [0.1, 0.15) is 5.75 Å². The van der Waals surface area contributed by atoms with Crippen molar-refractivity contribution in [3.05, 3.63) is 59.7 Å². The number of likely N-dealkylation sites (N-methyl/N-ethyl adjacent to an activating group) is 1. The van der Waals surface area contributed by atoms with Crippen LogP contribution in [0.3, 0.4) is 0 Å². The predicted molar refractivity (Wildman–Crippen MR) is 114 cm³/mol. The number of hydrogen-bond donors (Lipinski definition) is 0. The summed E-state index contributed by atoms with van der Waals surface area (Å²) in [5.41, 5.74) is 3.30. The summed E-state index contributed by atoms with van der Waals surface area (Å²) in [5.74, 6) is 0.185. The molecule has 0 spiro atoms. The van der Waals surface area contributed by atoms with Crippen molar-refractivity contribution in [3.8, 4) is 5.75 Å². The van der Waals surface area contributed by atoms with Gasteiger partial charge in [-0.15, -0.1) is 0 Å². The van der Waals surface area contributed by atoms with Crippen molar-refractivity contribution in [2.24, 2.45) is 0 Å². The van der Waals surface area contributed by atoms with Crippen molar-refractivity contribution in [2.75, 3.05) is 39.3 Å². The molecule has 0 saturated carbocycles. The maximum atomic E-state index is 12.2. The number of rotatable bonds is 9. The molecule has 6 nitrogen and oxygen atoms in total.